The molecule has 0 amide bonds. The van der Waals surface area contributed by atoms with Gasteiger partial charge in [-0.25, -0.2) is 0 Å². The van der Waals surface area contributed by atoms with Crippen molar-refractivity contribution < 1.29 is 4.79 Å². The topological polar surface area (TPSA) is 29.1 Å². The van der Waals surface area contributed by atoms with Crippen LogP contribution in [0.3, 0.4) is 0 Å². The molecule has 2 aromatic carbocycles. The molecule has 0 aliphatic rings. The van der Waals surface area contributed by atoms with Crippen LogP contribution in [0.15, 0.2) is 54.2 Å². The molecular weight excluding hydrogens is 282 g/mol. The van der Waals surface area contributed by atoms with Crippen molar-refractivity contribution >= 4 is 23.1 Å². The Morgan fingerprint density at radius 1 is 1.05 bits per heavy atom. The number of hydrogen-bond donors (Lipinski definition) is 1. The summed E-state index contributed by atoms with van der Waals surface area (Å²) in [6.07, 6.45) is 1.59. The van der Waals surface area contributed by atoms with E-state index in [1.165, 1.54) is 0 Å². The summed E-state index contributed by atoms with van der Waals surface area (Å²) in [5.74, 6) is -0.0243. The van der Waals surface area contributed by atoms with E-state index in [4.69, 9.17) is 11.6 Å². The summed E-state index contributed by atoms with van der Waals surface area (Å²) in [4.78, 5) is 12.2. The standard InChI is InChI=1S/C18H18ClNO/c1-12-4-7-15(8-5-12)18(21)11-14(3)20-17-10-13(2)6-9-16(17)19/h4-11,20H,1-3H3. The molecule has 3 heteroatoms. The van der Waals surface area contributed by atoms with Gasteiger partial charge >= 0.3 is 0 Å². The first-order valence-corrected chi connectivity index (χ1v) is 7.16. The molecule has 0 heterocycles. The monoisotopic (exact) mass is 299 g/mol. The Bertz CT molecular complexity index is 687. The Morgan fingerprint density at radius 2 is 1.67 bits per heavy atom. The smallest absolute Gasteiger partial charge is 0.187 e. The molecule has 108 valence electrons. The van der Waals surface area contributed by atoms with Crippen molar-refractivity contribution in [3.05, 3.63) is 76.0 Å². The summed E-state index contributed by atoms with van der Waals surface area (Å²) in [5.41, 5.74) is 4.49. The van der Waals surface area contributed by atoms with Crippen LogP contribution in [0.4, 0.5) is 5.69 Å². The van der Waals surface area contributed by atoms with Gasteiger partial charge in [0.1, 0.15) is 0 Å². The summed E-state index contributed by atoms with van der Waals surface area (Å²) >= 11 is 6.14. The van der Waals surface area contributed by atoms with Crippen LogP contribution in [0, 0.1) is 13.8 Å². The van der Waals surface area contributed by atoms with Crippen LogP contribution in [0.1, 0.15) is 28.4 Å². The zero-order valence-corrected chi connectivity index (χ0v) is 13.2. The van der Waals surface area contributed by atoms with E-state index in [1.807, 2.05) is 63.2 Å². The van der Waals surface area contributed by atoms with Gasteiger partial charge in [-0.3, -0.25) is 4.79 Å². The first-order chi connectivity index (χ1) is 9.95. The SMILES string of the molecule is CC(=CC(=O)c1ccc(C)cc1)Nc1cc(C)ccc1Cl. The molecule has 0 spiro atoms. The van der Waals surface area contributed by atoms with Crippen molar-refractivity contribution in [3.8, 4) is 0 Å². The lowest BCUT2D eigenvalue weighted by atomic mass is 10.1. The van der Waals surface area contributed by atoms with Gasteiger partial charge < -0.3 is 5.32 Å². The van der Waals surface area contributed by atoms with Crippen LogP contribution in [0.25, 0.3) is 0 Å². The van der Waals surface area contributed by atoms with Gasteiger partial charge in [0.2, 0.25) is 0 Å². The minimum atomic E-state index is -0.0243. The minimum Gasteiger partial charge on any atom is -0.358 e. The Labute approximate surface area is 130 Å². The lowest BCUT2D eigenvalue weighted by Crippen LogP contribution is -2.02. The molecule has 0 radical (unpaired) electrons. The van der Waals surface area contributed by atoms with Gasteiger partial charge in [-0.2, -0.15) is 0 Å². The Hall–Kier alpha value is -2.06. The number of halogens is 1. The highest BCUT2D eigenvalue weighted by Crippen LogP contribution is 2.24. The van der Waals surface area contributed by atoms with Gasteiger partial charge in [-0.15, -0.1) is 0 Å². The van der Waals surface area contributed by atoms with Crippen molar-refractivity contribution in [2.75, 3.05) is 5.32 Å². The zero-order valence-electron chi connectivity index (χ0n) is 12.4. The summed E-state index contributed by atoms with van der Waals surface area (Å²) in [5, 5.41) is 3.81. The quantitative estimate of drug-likeness (QED) is 0.624. The van der Waals surface area contributed by atoms with E-state index in [9.17, 15) is 4.79 Å². The number of carbonyl (C=O) groups is 1. The predicted molar refractivity (Wildman–Crippen MR) is 89.1 cm³/mol. The summed E-state index contributed by atoms with van der Waals surface area (Å²) in [6.45, 7) is 5.85. The first-order valence-electron chi connectivity index (χ1n) is 6.78. The highest BCUT2D eigenvalue weighted by molar-refractivity contribution is 6.33. The van der Waals surface area contributed by atoms with E-state index < -0.39 is 0 Å². The maximum Gasteiger partial charge on any atom is 0.187 e. The second-order valence-electron chi connectivity index (χ2n) is 5.17. The van der Waals surface area contributed by atoms with Gasteiger partial charge in [-0.05, 0) is 38.5 Å². The van der Waals surface area contributed by atoms with Crippen molar-refractivity contribution in [2.45, 2.75) is 20.8 Å². The van der Waals surface area contributed by atoms with Gasteiger partial charge in [0.05, 0.1) is 10.7 Å². The lowest BCUT2D eigenvalue weighted by molar-refractivity contribution is 0.104. The number of rotatable bonds is 4. The van der Waals surface area contributed by atoms with Crippen molar-refractivity contribution in [1.29, 1.82) is 0 Å². The average Bonchev–Trinajstić information content (AvgIpc) is 2.43. The molecule has 0 aliphatic carbocycles. The van der Waals surface area contributed by atoms with Crippen molar-refractivity contribution in [2.24, 2.45) is 0 Å². The van der Waals surface area contributed by atoms with Crippen LogP contribution in [0.5, 0.6) is 0 Å². The van der Waals surface area contributed by atoms with Crippen LogP contribution >= 0.6 is 11.6 Å². The lowest BCUT2D eigenvalue weighted by Gasteiger charge is -2.09. The van der Waals surface area contributed by atoms with Gasteiger partial charge in [0.15, 0.2) is 5.78 Å². The molecule has 21 heavy (non-hydrogen) atoms. The zero-order chi connectivity index (χ0) is 15.4. The summed E-state index contributed by atoms with van der Waals surface area (Å²) < 4.78 is 0. The summed E-state index contributed by atoms with van der Waals surface area (Å²) in [7, 11) is 0. The fourth-order valence-electron chi connectivity index (χ4n) is 1.98. The number of benzene rings is 2. The maximum absolute atomic E-state index is 12.2. The number of aryl methyl sites for hydroxylation is 2. The van der Waals surface area contributed by atoms with Crippen LogP contribution < -0.4 is 5.32 Å². The second kappa shape index (κ2) is 6.59. The summed E-state index contributed by atoms with van der Waals surface area (Å²) in [6, 6.07) is 13.3. The van der Waals surface area contributed by atoms with Gasteiger partial charge in [0.25, 0.3) is 0 Å². The normalized spacial score (nSPS) is 11.3. The van der Waals surface area contributed by atoms with E-state index in [1.54, 1.807) is 6.08 Å². The Morgan fingerprint density at radius 3 is 2.33 bits per heavy atom. The molecule has 0 saturated heterocycles. The van der Waals surface area contributed by atoms with Gasteiger partial charge in [-0.1, -0.05) is 47.5 Å². The molecule has 2 nitrogen and oxygen atoms in total. The third-order valence-corrected chi connectivity index (χ3v) is 3.47. The third-order valence-electron chi connectivity index (χ3n) is 3.14. The number of anilines is 1. The first kappa shape index (κ1) is 15.3. The highest BCUT2D eigenvalue weighted by Gasteiger charge is 2.05. The van der Waals surface area contributed by atoms with E-state index in [2.05, 4.69) is 5.32 Å². The number of ketones is 1. The van der Waals surface area contributed by atoms with E-state index in [0.717, 1.165) is 22.5 Å². The van der Waals surface area contributed by atoms with Crippen LogP contribution in [-0.2, 0) is 0 Å². The molecule has 0 saturated carbocycles. The molecule has 0 aromatic heterocycles. The molecule has 0 bridgehead atoms. The highest BCUT2D eigenvalue weighted by atomic mass is 35.5. The molecule has 0 atom stereocenters. The van der Waals surface area contributed by atoms with Crippen molar-refractivity contribution in [3.63, 3.8) is 0 Å². The molecular formula is C18H18ClNO. The van der Waals surface area contributed by atoms with Crippen LogP contribution in [0.2, 0.25) is 5.02 Å². The minimum absolute atomic E-state index is 0.0243. The fraction of sp³-hybridized carbons (Fsp3) is 0.167. The number of hydrogen-bond acceptors (Lipinski definition) is 2. The molecule has 0 fully saturated rings. The number of allylic oxidation sites excluding steroid dienone is 2. The molecule has 2 rings (SSSR count). The van der Waals surface area contributed by atoms with E-state index >= 15 is 0 Å². The van der Waals surface area contributed by atoms with Crippen LogP contribution in [-0.4, -0.2) is 5.78 Å². The third kappa shape index (κ3) is 4.20. The Kier molecular flexibility index (Phi) is 4.81. The maximum atomic E-state index is 12.2. The molecule has 2 aromatic rings. The predicted octanol–water partition coefficient (Wildman–Crippen LogP) is 5.16. The molecule has 0 unspecified atom stereocenters. The Balaban J connectivity index is 2.15. The largest absolute Gasteiger partial charge is 0.358 e. The second-order valence-corrected chi connectivity index (χ2v) is 5.57. The molecule has 0 aliphatic heterocycles. The number of nitrogens with one attached hydrogen (secondary N) is 1. The van der Waals surface area contributed by atoms with E-state index in [0.29, 0.717) is 10.6 Å². The molecule has 1 N–H and O–H groups in total. The van der Waals surface area contributed by atoms with Gasteiger partial charge in [0, 0.05) is 17.3 Å². The fourth-order valence-corrected chi connectivity index (χ4v) is 2.15. The van der Waals surface area contributed by atoms with Crippen molar-refractivity contribution in [1.82, 2.24) is 0 Å². The van der Waals surface area contributed by atoms with E-state index in [-0.39, 0.29) is 5.78 Å². The number of carbonyl (C=O) groups excluding carboxylic acids is 1. The average molecular weight is 300 g/mol.